The Balaban J connectivity index is 2.99. The Kier molecular flexibility index (Phi) is 1.70. The minimum absolute atomic E-state index is 0.698. The van der Waals surface area contributed by atoms with Gasteiger partial charge in [-0.3, -0.25) is 0 Å². The second-order valence-corrected chi connectivity index (χ2v) is 1.52. The highest BCUT2D eigenvalue weighted by Gasteiger charge is 1.79. The molecule has 0 saturated carbocycles. The molecule has 0 atom stereocenters. The molecule has 8 heavy (non-hydrogen) atoms. The summed E-state index contributed by atoms with van der Waals surface area (Å²) in [6.45, 7) is 0. The SMILES string of the molecule is P=Nc1ccccn1. The summed E-state index contributed by atoms with van der Waals surface area (Å²) in [5.41, 5.74) is 0. The molecule has 0 N–H and O–H groups in total. The van der Waals surface area contributed by atoms with Crippen molar-refractivity contribution in [1.82, 2.24) is 4.98 Å². The van der Waals surface area contributed by atoms with Gasteiger partial charge in [0.25, 0.3) is 0 Å². The quantitative estimate of drug-likeness (QED) is 0.526. The zero-order valence-electron chi connectivity index (χ0n) is 4.20. The Hall–Kier alpha value is -0.750. The van der Waals surface area contributed by atoms with Gasteiger partial charge in [-0.05, 0) is 21.2 Å². The number of nitrogens with zero attached hydrogens (tertiary/aromatic N) is 2. The van der Waals surface area contributed by atoms with Crippen molar-refractivity contribution in [2.45, 2.75) is 0 Å². The Bertz CT molecular complexity index is 173. The molecular weight excluding hydrogens is 119 g/mol. The van der Waals surface area contributed by atoms with E-state index >= 15 is 0 Å². The maximum Gasteiger partial charge on any atom is 0.155 e. The minimum atomic E-state index is 0.698. The molecule has 0 bridgehead atoms. The lowest BCUT2D eigenvalue weighted by Crippen LogP contribution is -1.65. The Morgan fingerprint density at radius 3 is 2.75 bits per heavy atom. The molecule has 2 nitrogen and oxygen atoms in total. The van der Waals surface area contributed by atoms with Gasteiger partial charge in [-0.1, -0.05) is 6.07 Å². The third-order valence-corrected chi connectivity index (χ3v) is 0.993. The highest BCUT2D eigenvalue weighted by molar-refractivity contribution is 7.04. The fourth-order valence-electron chi connectivity index (χ4n) is 0.420. The molecule has 40 valence electrons. The molecule has 0 aliphatic rings. The largest absolute Gasteiger partial charge is 0.237 e. The number of aromatic nitrogens is 1. The summed E-state index contributed by atoms with van der Waals surface area (Å²) in [6, 6.07) is 5.54. The van der Waals surface area contributed by atoms with Gasteiger partial charge in [-0.2, -0.15) is 0 Å². The second-order valence-electron chi connectivity index (χ2n) is 1.30. The standard InChI is InChI=1S/C5H5N2P/c8-7-5-3-1-2-4-6-5/h1-4,8H. The van der Waals surface area contributed by atoms with E-state index in [9.17, 15) is 0 Å². The fraction of sp³-hybridized carbons (Fsp3) is 0. The summed E-state index contributed by atoms with van der Waals surface area (Å²) >= 11 is 0. The maximum absolute atomic E-state index is 3.88. The van der Waals surface area contributed by atoms with Gasteiger partial charge in [-0.25, -0.2) is 9.73 Å². The normalized spacial score (nSPS) is 8.50. The van der Waals surface area contributed by atoms with Crippen LogP contribution in [0.25, 0.3) is 0 Å². The van der Waals surface area contributed by atoms with Crippen LogP contribution >= 0.6 is 9.03 Å². The van der Waals surface area contributed by atoms with Crippen LogP contribution in [0.4, 0.5) is 5.82 Å². The predicted molar refractivity (Wildman–Crippen MR) is 34.6 cm³/mol. The monoisotopic (exact) mass is 124 g/mol. The average Bonchev–Trinajstić information content (AvgIpc) is 1.90. The maximum atomic E-state index is 3.88. The first-order chi connectivity index (χ1) is 3.93. The lowest BCUT2D eigenvalue weighted by molar-refractivity contribution is 1.29. The van der Waals surface area contributed by atoms with Gasteiger partial charge >= 0.3 is 0 Å². The predicted octanol–water partition coefficient (Wildman–Crippen LogP) is 2.04. The molecular formula is C5H5N2P. The van der Waals surface area contributed by atoms with E-state index < -0.39 is 0 Å². The summed E-state index contributed by atoms with van der Waals surface area (Å²) in [5.74, 6) is 0.698. The van der Waals surface area contributed by atoms with Gasteiger partial charge in [0.05, 0.1) is 0 Å². The highest BCUT2D eigenvalue weighted by Crippen LogP contribution is 2.04. The third-order valence-electron chi connectivity index (χ3n) is 0.764. The van der Waals surface area contributed by atoms with Gasteiger partial charge in [0.15, 0.2) is 5.82 Å². The van der Waals surface area contributed by atoms with Crippen LogP contribution in [0.5, 0.6) is 0 Å². The molecule has 0 radical (unpaired) electrons. The van der Waals surface area contributed by atoms with Crippen LogP contribution in [-0.4, -0.2) is 4.98 Å². The molecule has 1 heterocycles. The lowest BCUT2D eigenvalue weighted by Gasteiger charge is -1.83. The van der Waals surface area contributed by atoms with Crippen molar-refractivity contribution in [3.8, 4) is 0 Å². The van der Waals surface area contributed by atoms with Gasteiger partial charge in [0.1, 0.15) is 0 Å². The van der Waals surface area contributed by atoms with Crippen molar-refractivity contribution < 1.29 is 0 Å². The van der Waals surface area contributed by atoms with Crippen molar-refractivity contribution in [3.05, 3.63) is 24.4 Å². The Morgan fingerprint density at radius 2 is 2.38 bits per heavy atom. The average molecular weight is 124 g/mol. The van der Waals surface area contributed by atoms with Crippen molar-refractivity contribution in [2.75, 3.05) is 0 Å². The zero-order valence-corrected chi connectivity index (χ0v) is 5.20. The van der Waals surface area contributed by atoms with Gasteiger partial charge in [-0.15, -0.1) is 0 Å². The first kappa shape index (κ1) is 5.39. The van der Waals surface area contributed by atoms with Crippen molar-refractivity contribution in [2.24, 2.45) is 4.74 Å². The summed E-state index contributed by atoms with van der Waals surface area (Å²) in [6.07, 6.45) is 1.69. The molecule has 0 saturated heterocycles. The zero-order chi connectivity index (χ0) is 5.82. The fourth-order valence-corrected chi connectivity index (χ4v) is 0.552. The third kappa shape index (κ3) is 1.11. The molecule has 1 aromatic rings. The van der Waals surface area contributed by atoms with E-state index in [1.807, 2.05) is 18.2 Å². The van der Waals surface area contributed by atoms with Crippen LogP contribution < -0.4 is 0 Å². The van der Waals surface area contributed by atoms with Gasteiger partial charge in [0.2, 0.25) is 0 Å². The summed E-state index contributed by atoms with van der Waals surface area (Å²) < 4.78 is 3.66. The van der Waals surface area contributed by atoms with Crippen molar-refractivity contribution in [1.29, 1.82) is 0 Å². The smallest absolute Gasteiger partial charge is 0.155 e. The van der Waals surface area contributed by atoms with E-state index in [4.69, 9.17) is 0 Å². The molecule has 0 aliphatic carbocycles. The first-order valence-electron chi connectivity index (χ1n) is 2.22. The van der Waals surface area contributed by atoms with E-state index in [0.717, 1.165) is 0 Å². The summed E-state index contributed by atoms with van der Waals surface area (Å²) in [7, 11) is 2.96. The van der Waals surface area contributed by atoms with Crippen LogP contribution in [0.3, 0.4) is 0 Å². The highest BCUT2D eigenvalue weighted by atomic mass is 31.0. The van der Waals surface area contributed by atoms with Crippen molar-refractivity contribution >= 4 is 14.8 Å². The second kappa shape index (κ2) is 2.53. The molecule has 1 rings (SSSR count). The number of hydrogen-bond acceptors (Lipinski definition) is 2. The molecule has 0 spiro atoms. The molecule has 1 aromatic heterocycles. The summed E-state index contributed by atoms with van der Waals surface area (Å²) in [5, 5.41) is 0. The van der Waals surface area contributed by atoms with Crippen LogP contribution in [0.2, 0.25) is 0 Å². The first-order valence-corrected chi connectivity index (χ1v) is 2.66. The molecule has 0 amide bonds. The van der Waals surface area contributed by atoms with E-state index in [-0.39, 0.29) is 0 Å². The van der Waals surface area contributed by atoms with Crippen LogP contribution in [0, 0.1) is 0 Å². The van der Waals surface area contributed by atoms with Crippen LogP contribution in [-0.2, 0) is 0 Å². The van der Waals surface area contributed by atoms with E-state index in [0.29, 0.717) is 5.82 Å². The van der Waals surface area contributed by atoms with Gasteiger partial charge in [0, 0.05) is 6.20 Å². The Morgan fingerprint density at radius 1 is 1.50 bits per heavy atom. The molecule has 0 aliphatic heterocycles. The number of hydrogen-bond donors (Lipinski definition) is 0. The lowest BCUT2D eigenvalue weighted by atomic mass is 10.5. The summed E-state index contributed by atoms with van der Waals surface area (Å²) in [4.78, 5) is 3.88. The topological polar surface area (TPSA) is 25.2 Å². The van der Waals surface area contributed by atoms with Crippen LogP contribution in [0.1, 0.15) is 0 Å². The number of pyridine rings is 1. The van der Waals surface area contributed by atoms with E-state index in [1.54, 1.807) is 6.20 Å². The van der Waals surface area contributed by atoms with Gasteiger partial charge < -0.3 is 0 Å². The minimum Gasteiger partial charge on any atom is -0.237 e. The molecule has 0 aromatic carbocycles. The molecule has 3 heteroatoms. The van der Waals surface area contributed by atoms with E-state index in [1.165, 1.54) is 0 Å². The Labute approximate surface area is 49.9 Å². The van der Waals surface area contributed by atoms with Crippen molar-refractivity contribution in [3.63, 3.8) is 0 Å². The van der Waals surface area contributed by atoms with E-state index in [2.05, 4.69) is 18.8 Å². The van der Waals surface area contributed by atoms with Crippen LogP contribution in [0.15, 0.2) is 29.1 Å². The number of rotatable bonds is 1. The molecule has 0 unspecified atom stereocenters. The molecule has 0 fully saturated rings.